The molecule has 0 fully saturated rings. The summed E-state index contributed by atoms with van der Waals surface area (Å²) in [5.41, 5.74) is 1.72. The molecule has 0 radical (unpaired) electrons. The maximum atomic E-state index is 12.5. The van der Waals surface area contributed by atoms with Crippen LogP contribution < -0.4 is 14.8 Å². The summed E-state index contributed by atoms with van der Waals surface area (Å²) >= 11 is 0. The van der Waals surface area contributed by atoms with Crippen molar-refractivity contribution in [1.82, 2.24) is 9.62 Å². The average molecular weight is 482 g/mol. The number of nitrogens with zero attached hydrogens (tertiary/aromatic N) is 1. The van der Waals surface area contributed by atoms with E-state index in [0.29, 0.717) is 30.1 Å². The molecule has 2 amide bonds. The Morgan fingerprint density at radius 2 is 1.47 bits per heavy atom. The fourth-order valence-electron chi connectivity index (χ4n) is 3.09. The third-order valence-corrected chi connectivity index (χ3v) is 6.49. The van der Waals surface area contributed by atoms with Gasteiger partial charge in [-0.15, -0.1) is 0 Å². The molecule has 0 saturated carbocycles. The maximum Gasteiger partial charge on any atom is 0.415 e. The van der Waals surface area contributed by atoms with E-state index >= 15 is 0 Å². The molecule has 0 aliphatic carbocycles. The minimum absolute atomic E-state index is 0.124. The van der Waals surface area contributed by atoms with Crippen molar-refractivity contribution in [1.29, 1.82) is 0 Å². The van der Waals surface area contributed by atoms with Gasteiger partial charge in [0.2, 0.25) is 10.0 Å². The third kappa shape index (κ3) is 6.66. The molecule has 8 nitrogen and oxygen atoms in total. The van der Waals surface area contributed by atoms with Crippen molar-refractivity contribution in [3.63, 3.8) is 0 Å². The molecule has 3 aromatic rings. The van der Waals surface area contributed by atoms with E-state index in [9.17, 15) is 18.0 Å². The smallest absolute Gasteiger partial charge is 0.410 e. The van der Waals surface area contributed by atoms with Crippen molar-refractivity contribution >= 4 is 27.7 Å². The molecule has 0 aromatic heterocycles. The van der Waals surface area contributed by atoms with Gasteiger partial charge in [-0.1, -0.05) is 30.3 Å². The lowest BCUT2D eigenvalue weighted by molar-refractivity contribution is 0.102. The Morgan fingerprint density at radius 1 is 0.853 bits per heavy atom. The topological polar surface area (TPSA) is 105 Å². The summed E-state index contributed by atoms with van der Waals surface area (Å²) in [6.07, 6.45) is -0.437. The Bertz CT molecular complexity index is 1210. The molecule has 0 saturated heterocycles. The van der Waals surface area contributed by atoms with Crippen LogP contribution in [0.5, 0.6) is 5.75 Å². The second-order valence-electron chi connectivity index (χ2n) is 7.35. The summed E-state index contributed by atoms with van der Waals surface area (Å²) in [5.74, 6) is 0.0370. The van der Waals surface area contributed by atoms with Crippen LogP contribution in [0, 0.1) is 0 Å². The van der Waals surface area contributed by atoms with Crippen molar-refractivity contribution in [3.8, 4) is 5.75 Å². The Balaban J connectivity index is 1.55. The summed E-state index contributed by atoms with van der Waals surface area (Å²) in [5, 5.41) is 2.79. The highest BCUT2D eigenvalue weighted by atomic mass is 32.2. The molecule has 178 valence electrons. The number of rotatable bonds is 9. The maximum absolute atomic E-state index is 12.5. The van der Waals surface area contributed by atoms with E-state index in [2.05, 4.69) is 10.0 Å². The van der Waals surface area contributed by atoms with Gasteiger partial charge in [-0.25, -0.2) is 17.9 Å². The van der Waals surface area contributed by atoms with Gasteiger partial charge >= 0.3 is 6.09 Å². The largest absolute Gasteiger partial charge is 0.415 e. The summed E-state index contributed by atoms with van der Waals surface area (Å²) < 4.78 is 32.5. The van der Waals surface area contributed by atoms with E-state index in [-0.39, 0.29) is 17.3 Å². The first kappa shape index (κ1) is 24.9. The van der Waals surface area contributed by atoms with Crippen LogP contribution in [0.2, 0.25) is 0 Å². The molecule has 0 aliphatic heterocycles. The van der Waals surface area contributed by atoms with Crippen molar-refractivity contribution < 1.29 is 22.7 Å². The summed E-state index contributed by atoms with van der Waals surface area (Å²) in [6.45, 7) is 4.96. The first-order valence-corrected chi connectivity index (χ1v) is 12.3. The second-order valence-corrected chi connectivity index (χ2v) is 9.12. The van der Waals surface area contributed by atoms with Gasteiger partial charge in [0.1, 0.15) is 5.75 Å². The Morgan fingerprint density at radius 3 is 2.06 bits per heavy atom. The number of hydrogen-bond donors (Lipinski definition) is 2. The number of hydrogen-bond acceptors (Lipinski definition) is 5. The highest BCUT2D eigenvalue weighted by Gasteiger charge is 2.14. The van der Waals surface area contributed by atoms with Crippen LogP contribution in [0.1, 0.15) is 29.8 Å². The predicted octanol–water partition coefficient (Wildman–Crippen LogP) is 4.26. The van der Waals surface area contributed by atoms with Gasteiger partial charge in [-0.05, 0) is 67.9 Å². The average Bonchev–Trinajstić information content (AvgIpc) is 2.85. The summed E-state index contributed by atoms with van der Waals surface area (Å²) in [6, 6.07) is 21.3. The molecular weight excluding hydrogens is 454 g/mol. The lowest BCUT2D eigenvalue weighted by Gasteiger charge is -2.17. The Labute approximate surface area is 199 Å². The van der Waals surface area contributed by atoms with Gasteiger partial charge in [0, 0.05) is 30.9 Å². The zero-order valence-corrected chi connectivity index (χ0v) is 19.8. The van der Waals surface area contributed by atoms with Gasteiger partial charge in [0.05, 0.1) is 4.90 Å². The fourth-order valence-corrected chi connectivity index (χ4v) is 4.13. The lowest BCUT2D eigenvalue weighted by atomic mass is 10.2. The van der Waals surface area contributed by atoms with E-state index < -0.39 is 16.1 Å². The molecule has 0 aliphatic rings. The Kier molecular flexibility index (Phi) is 8.39. The molecule has 3 rings (SSSR count). The predicted molar refractivity (Wildman–Crippen MR) is 130 cm³/mol. The quantitative estimate of drug-likeness (QED) is 0.475. The molecule has 0 atom stereocenters. The van der Waals surface area contributed by atoms with E-state index in [1.54, 1.807) is 71.6 Å². The number of carbonyl (C=O) groups excluding carboxylic acids is 2. The number of nitrogens with one attached hydrogen (secondary N) is 2. The SMILES string of the molecule is CCN(CC)C(=O)Oc1ccc(C(=O)Nc2ccc(CNS(=O)(=O)c3ccccc3)cc2)cc1. The van der Waals surface area contributed by atoms with Gasteiger partial charge in [-0.3, -0.25) is 4.79 Å². The van der Waals surface area contributed by atoms with Crippen LogP contribution in [-0.4, -0.2) is 38.4 Å². The zero-order valence-electron chi connectivity index (χ0n) is 19.0. The van der Waals surface area contributed by atoms with Crippen LogP contribution in [-0.2, 0) is 16.6 Å². The van der Waals surface area contributed by atoms with Crippen LogP contribution in [0.3, 0.4) is 0 Å². The molecule has 34 heavy (non-hydrogen) atoms. The number of sulfonamides is 1. The second kappa shape index (κ2) is 11.4. The lowest BCUT2D eigenvalue weighted by Crippen LogP contribution is -2.33. The van der Waals surface area contributed by atoms with Crippen molar-refractivity contribution in [2.24, 2.45) is 0 Å². The Hall–Kier alpha value is -3.69. The minimum Gasteiger partial charge on any atom is -0.410 e. The minimum atomic E-state index is -3.60. The molecular formula is C25H27N3O5S. The van der Waals surface area contributed by atoms with E-state index in [4.69, 9.17) is 4.74 Å². The van der Waals surface area contributed by atoms with Crippen LogP contribution in [0.4, 0.5) is 10.5 Å². The van der Waals surface area contributed by atoms with E-state index in [0.717, 1.165) is 5.56 Å². The van der Waals surface area contributed by atoms with Crippen molar-refractivity contribution in [3.05, 3.63) is 90.0 Å². The first-order chi connectivity index (χ1) is 16.3. The van der Waals surface area contributed by atoms with Crippen LogP contribution in [0.25, 0.3) is 0 Å². The van der Waals surface area contributed by atoms with Crippen LogP contribution in [0.15, 0.2) is 83.8 Å². The fraction of sp³-hybridized carbons (Fsp3) is 0.200. The van der Waals surface area contributed by atoms with E-state index in [1.165, 1.54) is 12.1 Å². The number of ether oxygens (including phenoxy) is 1. The van der Waals surface area contributed by atoms with Crippen molar-refractivity contribution in [2.75, 3.05) is 18.4 Å². The molecule has 2 N–H and O–H groups in total. The normalized spacial score (nSPS) is 11.0. The standard InChI is InChI=1S/C25H27N3O5S/c1-3-28(4-2)25(30)33-22-16-12-20(13-17-22)24(29)27-21-14-10-19(11-15-21)18-26-34(31,32)23-8-6-5-7-9-23/h5-17,26H,3-4,18H2,1-2H3,(H,27,29). The first-order valence-electron chi connectivity index (χ1n) is 10.8. The van der Waals surface area contributed by atoms with Gasteiger partial charge in [0.15, 0.2) is 0 Å². The molecule has 0 heterocycles. The van der Waals surface area contributed by atoms with Gasteiger partial charge in [0.25, 0.3) is 5.91 Å². The third-order valence-electron chi connectivity index (χ3n) is 5.07. The molecule has 3 aromatic carbocycles. The molecule has 0 spiro atoms. The summed E-state index contributed by atoms with van der Waals surface area (Å²) in [7, 11) is -3.60. The van der Waals surface area contributed by atoms with Gasteiger partial charge in [-0.2, -0.15) is 0 Å². The molecule has 0 unspecified atom stereocenters. The molecule has 0 bridgehead atoms. The number of benzene rings is 3. The van der Waals surface area contributed by atoms with Crippen LogP contribution >= 0.6 is 0 Å². The number of anilines is 1. The highest BCUT2D eigenvalue weighted by Crippen LogP contribution is 2.16. The number of carbonyl (C=O) groups is 2. The van der Waals surface area contributed by atoms with Crippen molar-refractivity contribution in [2.45, 2.75) is 25.3 Å². The highest BCUT2D eigenvalue weighted by molar-refractivity contribution is 7.89. The molecule has 9 heteroatoms. The van der Waals surface area contributed by atoms with E-state index in [1.807, 2.05) is 13.8 Å². The summed E-state index contributed by atoms with van der Waals surface area (Å²) in [4.78, 5) is 26.3. The zero-order chi connectivity index (χ0) is 24.6. The van der Waals surface area contributed by atoms with Gasteiger partial charge < -0.3 is 15.0 Å². The number of amides is 2. The monoisotopic (exact) mass is 481 g/mol.